The molecule has 0 aliphatic carbocycles. The minimum atomic E-state index is -3.63. The largest absolute Gasteiger partial charge is 0.382 e. The molecule has 10 heteroatoms. The third-order valence-corrected chi connectivity index (χ3v) is 5.62. The van der Waals surface area contributed by atoms with Crippen LogP contribution >= 0.6 is 11.5 Å². The van der Waals surface area contributed by atoms with Gasteiger partial charge in [-0.3, -0.25) is 4.68 Å². The van der Waals surface area contributed by atoms with Gasteiger partial charge in [0, 0.05) is 32.5 Å². The van der Waals surface area contributed by atoms with Gasteiger partial charge in [-0.25, -0.2) is 12.7 Å². The van der Waals surface area contributed by atoms with Crippen LogP contribution in [0.2, 0.25) is 0 Å². The summed E-state index contributed by atoms with van der Waals surface area (Å²) in [4.78, 5) is 0.0322. The molecule has 2 aromatic rings. The molecule has 2 heterocycles. The van der Waals surface area contributed by atoms with E-state index in [2.05, 4.69) is 14.8 Å². The van der Waals surface area contributed by atoms with Crippen molar-refractivity contribution in [3.63, 3.8) is 0 Å². The van der Waals surface area contributed by atoms with Gasteiger partial charge in [0.05, 0.1) is 6.54 Å². The summed E-state index contributed by atoms with van der Waals surface area (Å²) in [6.45, 7) is 2.54. The molecule has 1 unspecified atom stereocenters. The number of nitrogens with zero attached hydrogens (tertiary/aromatic N) is 4. The summed E-state index contributed by atoms with van der Waals surface area (Å²) in [7, 11) is -0.708. The first-order valence-corrected chi connectivity index (χ1v) is 8.45. The monoisotopic (exact) mass is 330 g/mol. The molecule has 1 atom stereocenters. The second kappa shape index (κ2) is 6.00. The van der Waals surface area contributed by atoms with Crippen LogP contribution < -0.4 is 11.1 Å². The first kappa shape index (κ1) is 15.7. The number of nitrogen functional groups attached to an aromatic ring is 1. The predicted octanol–water partition coefficient (Wildman–Crippen LogP) is 0.673. The van der Waals surface area contributed by atoms with Crippen molar-refractivity contribution in [3.8, 4) is 0 Å². The van der Waals surface area contributed by atoms with Crippen molar-refractivity contribution in [2.75, 3.05) is 25.1 Å². The highest BCUT2D eigenvalue weighted by molar-refractivity contribution is 7.89. The van der Waals surface area contributed by atoms with E-state index in [4.69, 9.17) is 5.73 Å². The summed E-state index contributed by atoms with van der Waals surface area (Å²) in [6, 6.07) is 1.81. The van der Waals surface area contributed by atoms with Crippen molar-refractivity contribution in [1.82, 2.24) is 18.5 Å². The number of anilines is 2. The average molecular weight is 330 g/mol. The van der Waals surface area contributed by atoms with Crippen LogP contribution in [-0.2, 0) is 16.6 Å². The lowest BCUT2D eigenvalue weighted by molar-refractivity contribution is 0.521. The van der Waals surface area contributed by atoms with Gasteiger partial charge in [-0.1, -0.05) is 0 Å². The Morgan fingerprint density at radius 1 is 1.52 bits per heavy atom. The van der Waals surface area contributed by atoms with E-state index in [1.807, 2.05) is 19.2 Å². The van der Waals surface area contributed by atoms with Gasteiger partial charge < -0.3 is 11.1 Å². The van der Waals surface area contributed by atoms with E-state index in [1.54, 1.807) is 10.9 Å². The van der Waals surface area contributed by atoms with Crippen molar-refractivity contribution >= 4 is 32.4 Å². The fourth-order valence-electron chi connectivity index (χ4n) is 1.78. The lowest BCUT2D eigenvalue weighted by atomic mass is 10.3. The van der Waals surface area contributed by atoms with Crippen LogP contribution in [0.5, 0.6) is 0 Å². The molecule has 3 N–H and O–H groups in total. The Morgan fingerprint density at radius 2 is 2.24 bits per heavy atom. The van der Waals surface area contributed by atoms with Gasteiger partial charge in [0.2, 0.25) is 10.0 Å². The summed E-state index contributed by atoms with van der Waals surface area (Å²) in [6.07, 6.45) is 3.54. The molecule has 0 aliphatic heterocycles. The molecule has 2 rings (SSSR count). The first-order valence-electron chi connectivity index (χ1n) is 6.24. The van der Waals surface area contributed by atoms with E-state index in [-0.39, 0.29) is 16.8 Å². The van der Waals surface area contributed by atoms with Crippen LogP contribution in [0.3, 0.4) is 0 Å². The molecule has 0 radical (unpaired) electrons. The molecule has 8 nitrogen and oxygen atoms in total. The van der Waals surface area contributed by atoms with Crippen LogP contribution in [0.25, 0.3) is 0 Å². The Hall–Kier alpha value is -1.65. The maximum atomic E-state index is 12.3. The number of aromatic nitrogens is 3. The number of nitrogens with two attached hydrogens (primary N) is 1. The lowest BCUT2D eigenvalue weighted by Gasteiger charge is -2.16. The van der Waals surface area contributed by atoms with Crippen molar-refractivity contribution < 1.29 is 8.42 Å². The van der Waals surface area contributed by atoms with Gasteiger partial charge in [0.15, 0.2) is 10.7 Å². The molecule has 0 bridgehead atoms. The number of hydrogen-bond acceptors (Lipinski definition) is 7. The highest BCUT2D eigenvalue weighted by Crippen LogP contribution is 2.33. The summed E-state index contributed by atoms with van der Waals surface area (Å²) in [5.74, 6) is 0.0162. The third-order valence-electron chi connectivity index (χ3n) is 2.81. The summed E-state index contributed by atoms with van der Waals surface area (Å²) in [5.41, 5.74) is 5.71. The molecule has 0 fully saturated rings. The Balaban J connectivity index is 2.22. The highest BCUT2D eigenvalue weighted by atomic mass is 32.2. The fourth-order valence-corrected chi connectivity index (χ4v) is 3.95. The van der Waals surface area contributed by atoms with Gasteiger partial charge in [-0.05, 0) is 24.5 Å². The Morgan fingerprint density at radius 3 is 2.81 bits per heavy atom. The molecule has 0 saturated carbocycles. The summed E-state index contributed by atoms with van der Waals surface area (Å²) >= 11 is 1.04. The van der Waals surface area contributed by atoms with Crippen molar-refractivity contribution in [3.05, 3.63) is 18.5 Å². The van der Waals surface area contributed by atoms with Gasteiger partial charge in [0.25, 0.3) is 0 Å². The van der Waals surface area contributed by atoms with E-state index in [0.717, 1.165) is 15.8 Å². The number of sulfonamides is 1. The van der Waals surface area contributed by atoms with E-state index >= 15 is 0 Å². The van der Waals surface area contributed by atoms with Crippen LogP contribution in [0.15, 0.2) is 23.4 Å². The Bertz CT molecular complexity index is 692. The maximum Gasteiger partial charge on any atom is 0.249 e. The smallest absolute Gasteiger partial charge is 0.249 e. The second-order valence-corrected chi connectivity index (χ2v) is 7.65. The summed E-state index contributed by atoms with van der Waals surface area (Å²) < 4.78 is 31.4. The van der Waals surface area contributed by atoms with Crippen molar-refractivity contribution in [2.45, 2.75) is 24.4 Å². The van der Waals surface area contributed by atoms with Crippen molar-refractivity contribution in [1.29, 1.82) is 0 Å². The number of hydrogen-bond donors (Lipinski definition) is 2. The SMILES string of the molecule is CC(Cn1cccn1)Nc1snc(N)c1S(=O)(=O)N(C)C. The molecular formula is C11H18N6O2S2. The van der Waals surface area contributed by atoms with Gasteiger partial charge in [-0.15, -0.1) is 0 Å². The molecule has 0 spiro atoms. The molecule has 0 aromatic carbocycles. The first-order chi connectivity index (χ1) is 9.82. The van der Waals surface area contributed by atoms with Crippen LogP contribution in [0.1, 0.15) is 6.92 Å². The van der Waals surface area contributed by atoms with Crippen LogP contribution in [-0.4, -0.2) is 47.0 Å². The molecule has 0 amide bonds. The van der Waals surface area contributed by atoms with Gasteiger partial charge in [-0.2, -0.15) is 9.47 Å². The quantitative estimate of drug-likeness (QED) is 0.806. The second-order valence-electron chi connectivity index (χ2n) is 4.79. The topological polar surface area (TPSA) is 106 Å². The lowest BCUT2D eigenvalue weighted by Crippen LogP contribution is -2.26. The Kier molecular flexibility index (Phi) is 4.49. The van der Waals surface area contributed by atoms with Gasteiger partial charge in [0.1, 0.15) is 5.00 Å². The average Bonchev–Trinajstić information content (AvgIpc) is 2.99. The molecule has 0 aliphatic rings. The predicted molar refractivity (Wildman–Crippen MR) is 82.7 cm³/mol. The van der Waals surface area contributed by atoms with E-state index in [0.29, 0.717) is 11.5 Å². The molecular weight excluding hydrogens is 312 g/mol. The third kappa shape index (κ3) is 3.34. The molecule has 2 aromatic heterocycles. The zero-order valence-corrected chi connectivity index (χ0v) is 13.6. The van der Waals surface area contributed by atoms with Crippen molar-refractivity contribution in [2.24, 2.45) is 0 Å². The van der Waals surface area contributed by atoms with E-state index < -0.39 is 10.0 Å². The minimum absolute atomic E-state index is 0.0162. The maximum absolute atomic E-state index is 12.3. The zero-order chi connectivity index (χ0) is 15.6. The minimum Gasteiger partial charge on any atom is -0.382 e. The highest BCUT2D eigenvalue weighted by Gasteiger charge is 2.28. The number of nitrogens with one attached hydrogen (secondary N) is 1. The normalized spacial score (nSPS) is 13.5. The van der Waals surface area contributed by atoms with E-state index in [9.17, 15) is 8.42 Å². The zero-order valence-electron chi connectivity index (χ0n) is 12.0. The Labute approximate surface area is 127 Å². The molecule has 21 heavy (non-hydrogen) atoms. The van der Waals surface area contributed by atoms with Crippen LogP contribution in [0, 0.1) is 0 Å². The van der Waals surface area contributed by atoms with E-state index in [1.165, 1.54) is 14.1 Å². The van der Waals surface area contributed by atoms with Gasteiger partial charge >= 0.3 is 0 Å². The molecule has 0 saturated heterocycles. The number of rotatable bonds is 6. The fraction of sp³-hybridized carbons (Fsp3) is 0.455. The molecule has 116 valence electrons. The van der Waals surface area contributed by atoms with Crippen LogP contribution in [0.4, 0.5) is 10.8 Å². The summed E-state index contributed by atoms with van der Waals surface area (Å²) in [5, 5.41) is 7.70. The standard InChI is InChI=1S/C11H18N6O2S2/c1-8(7-17-6-4-5-13-17)14-11-9(10(12)15-20-11)21(18,19)16(2)3/h4-6,8,14H,7H2,1-3H3,(H2,12,15).